The predicted octanol–water partition coefficient (Wildman–Crippen LogP) is 3.45. The average Bonchev–Trinajstić information content (AvgIpc) is 3.40. The fourth-order valence-corrected chi connectivity index (χ4v) is 3.73. The number of amides is 2. The van der Waals surface area contributed by atoms with Gasteiger partial charge in [0.15, 0.2) is 12.1 Å². The molecule has 0 spiro atoms. The molecule has 150 valence electrons. The highest BCUT2D eigenvalue weighted by Gasteiger charge is 2.54. The van der Waals surface area contributed by atoms with Gasteiger partial charge in [0.25, 0.3) is 11.8 Å². The molecule has 0 bridgehead atoms. The van der Waals surface area contributed by atoms with E-state index in [4.69, 9.17) is 4.42 Å². The second-order valence-corrected chi connectivity index (χ2v) is 7.43. The Bertz CT molecular complexity index is 1150. The summed E-state index contributed by atoms with van der Waals surface area (Å²) in [7, 11) is 0. The molecular weight excluding hydrogens is 382 g/mol. The monoisotopic (exact) mass is 401 g/mol. The quantitative estimate of drug-likeness (QED) is 0.625. The van der Waals surface area contributed by atoms with Crippen LogP contribution in [0.3, 0.4) is 0 Å². The Labute approximate surface area is 172 Å². The lowest BCUT2D eigenvalue weighted by molar-refractivity contribution is -0.123. The number of aryl methyl sites for hydroxylation is 2. The molecule has 1 fully saturated rings. The lowest BCUT2D eigenvalue weighted by Gasteiger charge is -2.19. The first-order valence-corrected chi connectivity index (χ1v) is 9.66. The Morgan fingerprint density at radius 3 is 2.43 bits per heavy atom. The molecule has 2 atom stereocenters. The minimum absolute atomic E-state index is 0.230. The SMILES string of the molecule is Cc1ccc(-c2nc(CN3N=N[C@@H]4C(=O)N(c5ccccc5)C(=O)[C@@H]43)c(C)o2)cc1. The van der Waals surface area contributed by atoms with Gasteiger partial charge in [0.1, 0.15) is 11.5 Å². The number of carbonyl (C=O) groups excluding carboxylic acids is 2. The van der Waals surface area contributed by atoms with Crippen LogP contribution >= 0.6 is 0 Å². The van der Waals surface area contributed by atoms with Gasteiger partial charge in [-0.2, -0.15) is 5.11 Å². The number of imide groups is 1. The molecule has 0 aliphatic carbocycles. The smallest absolute Gasteiger partial charge is 0.263 e. The van der Waals surface area contributed by atoms with Crippen molar-refractivity contribution in [3.63, 3.8) is 0 Å². The zero-order chi connectivity index (χ0) is 20.8. The Hall–Kier alpha value is -3.81. The van der Waals surface area contributed by atoms with Gasteiger partial charge in [0.05, 0.1) is 12.2 Å². The Kier molecular flexibility index (Phi) is 4.20. The topological polar surface area (TPSA) is 91.4 Å². The normalized spacial score (nSPS) is 20.3. The summed E-state index contributed by atoms with van der Waals surface area (Å²) < 4.78 is 5.83. The fraction of sp³-hybridized carbons (Fsp3) is 0.227. The van der Waals surface area contributed by atoms with Crippen molar-refractivity contribution in [3.8, 4) is 11.5 Å². The average molecular weight is 401 g/mol. The molecule has 3 heterocycles. The van der Waals surface area contributed by atoms with Crippen molar-refractivity contribution in [1.29, 1.82) is 0 Å². The summed E-state index contributed by atoms with van der Waals surface area (Å²) >= 11 is 0. The molecule has 0 radical (unpaired) electrons. The van der Waals surface area contributed by atoms with E-state index in [-0.39, 0.29) is 18.4 Å². The van der Waals surface area contributed by atoms with Gasteiger partial charge < -0.3 is 4.42 Å². The summed E-state index contributed by atoms with van der Waals surface area (Å²) in [5.74, 6) is 0.455. The summed E-state index contributed by atoms with van der Waals surface area (Å²) in [6.07, 6.45) is 0. The molecule has 5 rings (SSSR count). The molecule has 1 aromatic heterocycles. The van der Waals surface area contributed by atoms with E-state index < -0.39 is 12.1 Å². The first-order chi connectivity index (χ1) is 14.5. The van der Waals surface area contributed by atoms with Crippen molar-refractivity contribution in [1.82, 2.24) is 9.99 Å². The van der Waals surface area contributed by atoms with Gasteiger partial charge in [-0.1, -0.05) is 41.1 Å². The van der Waals surface area contributed by atoms with Crippen LogP contribution in [0.15, 0.2) is 69.4 Å². The lowest BCUT2D eigenvalue weighted by Crippen LogP contribution is -2.39. The molecule has 1 saturated heterocycles. The van der Waals surface area contributed by atoms with E-state index >= 15 is 0 Å². The van der Waals surface area contributed by atoms with Gasteiger partial charge in [-0.3, -0.25) is 14.6 Å². The minimum atomic E-state index is -0.832. The molecule has 0 unspecified atom stereocenters. The summed E-state index contributed by atoms with van der Waals surface area (Å²) in [5, 5.41) is 9.68. The standard InChI is InChI=1S/C22H19N5O3/c1-13-8-10-15(11-9-13)20-23-17(14(2)30-20)12-26-19-18(24-25-26)21(28)27(22(19)29)16-6-4-3-5-7-16/h3-11,18-19H,12H2,1-2H3/t18-,19+/m0/s1. The summed E-state index contributed by atoms with van der Waals surface area (Å²) in [4.78, 5) is 31.6. The van der Waals surface area contributed by atoms with E-state index in [2.05, 4.69) is 15.3 Å². The molecule has 2 aromatic carbocycles. The highest BCUT2D eigenvalue weighted by atomic mass is 16.4. The number of hydrogen-bond acceptors (Lipinski definition) is 7. The van der Waals surface area contributed by atoms with Crippen LogP contribution in [0, 0.1) is 13.8 Å². The second kappa shape index (κ2) is 6.91. The van der Waals surface area contributed by atoms with Crippen molar-refractivity contribution in [3.05, 3.63) is 71.6 Å². The highest BCUT2D eigenvalue weighted by molar-refractivity contribution is 6.25. The Balaban J connectivity index is 1.39. The number of hydrogen-bond donors (Lipinski definition) is 0. The molecule has 3 aromatic rings. The zero-order valence-corrected chi connectivity index (χ0v) is 16.5. The number of fused-ring (bicyclic) bond motifs is 1. The van der Waals surface area contributed by atoms with Crippen molar-refractivity contribution in [2.45, 2.75) is 32.5 Å². The van der Waals surface area contributed by atoms with Gasteiger partial charge in [0.2, 0.25) is 5.89 Å². The van der Waals surface area contributed by atoms with Crippen molar-refractivity contribution >= 4 is 17.5 Å². The number of benzene rings is 2. The highest BCUT2D eigenvalue weighted by Crippen LogP contribution is 2.33. The number of oxazole rings is 1. The molecule has 2 amide bonds. The largest absolute Gasteiger partial charge is 0.441 e. The number of nitrogens with zero attached hydrogens (tertiary/aromatic N) is 5. The second-order valence-electron chi connectivity index (χ2n) is 7.43. The third kappa shape index (κ3) is 2.88. The number of rotatable bonds is 4. The Morgan fingerprint density at radius 1 is 0.967 bits per heavy atom. The third-order valence-electron chi connectivity index (χ3n) is 5.38. The maximum absolute atomic E-state index is 13.0. The summed E-state index contributed by atoms with van der Waals surface area (Å²) in [6.45, 7) is 4.07. The summed E-state index contributed by atoms with van der Waals surface area (Å²) in [6, 6.07) is 15.2. The van der Waals surface area contributed by atoms with E-state index in [0.717, 1.165) is 11.1 Å². The summed E-state index contributed by atoms with van der Waals surface area (Å²) in [5.41, 5.74) is 3.22. The number of aromatic nitrogens is 1. The number of para-hydroxylation sites is 1. The van der Waals surface area contributed by atoms with Gasteiger partial charge >= 0.3 is 0 Å². The maximum Gasteiger partial charge on any atom is 0.263 e. The van der Waals surface area contributed by atoms with Gasteiger partial charge in [-0.05, 0) is 38.1 Å². The van der Waals surface area contributed by atoms with E-state index in [9.17, 15) is 9.59 Å². The van der Waals surface area contributed by atoms with Gasteiger partial charge in [0, 0.05) is 5.56 Å². The van der Waals surface area contributed by atoms with E-state index in [0.29, 0.717) is 23.0 Å². The lowest BCUT2D eigenvalue weighted by atomic mass is 10.1. The van der Waals surface area contributed by atoms with Crippen LogP contribution in [-0.4, -0.2) is 33.9 Å². The van der Waals surface area contributed by atoms with Crippen LogP contribution in [0.25, 0.3) is 11.5 Å². The van der Waals surface area contributed by atoms with E-state index in [1.54, 1.807) is 24.3 Å². The van der Waals surface area contributed by atoms with Crippen LogP contribution in [0.4, 0.5) is 5.69 Å². The minimum Gasteiger partial charge on any atom is -0.441 e. The molecule has 2 aliphatic rings. The van der Waals surface area contributed by atoms with Crippen molar-refractivity contribution in [2.24, 2.45) is 10.3 Å². The fourth-order valence-electron chi connectivity index (χ4n) is 3.73. The predicted molar refractivity (Wildman–Crippen MR) is 108 cm³/mol. The molecule has 30 heavy (non-hydrogen) atoms. The molecular formula is C22H19N5O3. The molecule has 8 nitrogen and oxygen atoms in total. The molecule has 0 saturated carbocycles. The maximum atomic E-state index is 13.0. The number of carbonyl (C=O) groups is 2. The van der Waals surface area contributed by atoms with E-state index in [1.807, 2.05) is 44.2 Å². The van der Waals surface area contributed by atoms with Crippen LogP contribution in [0.1, 0.15) is 17.0 Å². The molecule has 8 heteroatoms. The van der Waals surface area contributed by atoms with Crippen LogP contribution in [0.2, 0.25) is 0 Å². The van der Waals surface area contributed by atoms with Gasteiger partial charge in [-0.25, -0.2) is 9.88 Å². The van der Waals surface area contributed by atoms with Crippen LogP contribution in [0.5, 0.6) is 0 Å². The molecule has 2 aliphatic heterocycles. The Morgan fingerprint density at radius 2 is 1.70 bits per heavy atom. The zero-order valence-electron chi connectivity index (χ0n) is 16.5. The third-order valence-corrected chi connectivity index (χ3v) is 5.38. The van der Waals surface area contributed by atoms with Crippen LogP contribution in [-0.2, 0) is 16.1 Å². The van der Waals surface area contributed by atoms with Crippen LogP contribution < -0.4 is 4.90 Å². The molecule has 0 N–H and O–H groups in total. The van der Waals surface area contributed by atoms with Crippen molar-refractivity contribution < 1.29 is 14.0 Å². The first-order valence-electron chi connectivity index (χ1n) is 9.66. The first kappa shape index (κ1) is 18.2. The van der Waals surface area contributed by atoms with E-state index in [1.165, 1.54) is 9.91 Å². The van der Waals surface area contributed by atoms with Crippen molar-refractivity contribution in [2.75, 3.05) is 4.90 Å². The van der Waals surface area contributed by atoms with Gasteiger partial charge in [-0.15, -0.1) is 0 Å². The number of anilines is 1.